The summed E-state index contributed by atoms with van der Waals surface area (Å²) in [5.74, 6) is -5.58. The molecule has 0 unspecified atom stereocenters. The Hall–Kier alpha value is -3.58. The molecule has 2 saturated heterocycles. The summed E-state index contributed by atoms with van der Waals surface area (Å²) in [5, 5.41) is 0. The van der Waals surface area contributed by atoms with Gasteiger partial charge in [-0.05, 0) is 6.42 Å². The molecule has 0 aliphatic carbocycles. The van der Waals surface area contributed by atoms with Gasteiger partial charge in [0.15, 0.2) is 49.2 Å². The van der Waals surface area contributed by atoms with E-state index in [1.165, 1.54) is 0 Å². The summed E-state index contributed by atoms with van der Waals surface area (Å²) in [6.07, 6.45) is -14.9. The van der Waals surface area contributed by atoms with E-state index >= 15 is 0 Å². The molecule has 0 aromatic heterocycles. The minimum Gasteiger partial charge on any atom is -0.463 e. The normalized spacial score (nSPS) is 29.8. The van der Waals surface area contributed by atoms with E-state index in [4.69, 9.17) is 63.7 Å². The second-order valence-electron chi connectivity index (χ2n) is 10.6. The summed E-state index contributed by atoms with van der Waals surface area (Å²) in [6.45, 7) is 6.47. The molecule has 2 fully saturated rings. The van der Waals surface area contributed by atoms with Crippen molar-refractivity contribution in [3.8, 4) is 0 Å². The molecule has 0 spiro atoms. The van der Waals surface area contributed by atoms with Gasteiger partial charge >= 0.3 is 41.8 Å². The third-order valence-electron chi connectivity index (χ3n) is 6.45. The van der Waals surface area contributed by atoms with Crippen molar-refractivity contribution in [2.45, 2.75) is 116 Å². The highest BCUT2D eigenvalue weighted by Gasteiger charge is 2.57. The van der Waals surface area contributed by atoms with Crippen molar-refractivity contribution in [2.24, 2.45) is 0 Å². The Bertz CT molecular complexity index is 1160. The van der Waals surface area contributed by atoms with Gasteiger partial charge < -0.3 is 52.1 Å². The van der Waals surface area contributed by atoms with Gasteiger partial charge in [-0.3, -0.25) is 33.6 Å². The molecule has 0 bridgehead atoms. The molecule has 0 saturated carbocycles. The highest BCUT2D eigenvalue weighted by atomic mass is 35.5. The highest BCUT2D eigenvalue weighted by molar-refractivity contribution is 6.17. The first kappa shape index (κ1) is 40.6. The number of carbonyl (C=O) groups excluding carboxylic acids is 7. The van der Waals surface area contributed by atoms with Gasteiger partial charge in [-0.15, -0.1) is 11.6 Å². The van der Waals surface area contributed by atoms with E-state index in [9.17, 15) is 33.6 Å². The first-order valence-electron chi connectivity index (χ1n) is 14.8. The van der Waals surface area contributed by atoms with Crippen LogP contribution < -0.4 is 0 Å². The Balaban J connectivity index is 2.70. The molecule has 272 valence electrons. The molecule has 0 radical (unpaired) electrons. The number of halogens is 1. The van der Waals surface area contributed by atoms with Crippen LogP contribution in [-0.4, -0.2) is 129 Å². The van der Waals surface area contributed by atoms with Crippen molar-refractivity contribution in [3.63, 3.8) is 0 Å². The molecule has 0 aromatic rings. The first-order chi connectivity index (χ1) is 22.5. The Labute approximate surface area is 281 Å². The van der Waals surface area contributed by atoms with Crippen molar-refractivity contribution >= 4 is 53.4 Å². The topological polar surface area (TPSA) is 221 Å². The molecule has 10 atom stereocenters. The first-order valence-corrected chi connectivity index (χ1v) is 15.3. The van der Waals surface area contributed by atoms with Gasteiger partial charge in [0.25, 0.3) is 0 Å². The van der Waals surface area contributed by atoms with Gasteiger partial charge in [0.1, 0.15) is 25.4 Å². The summed E-state index contributed by atoms with van der Waals surface area (Å²) in [7, 11) is 0. The summed E-state index contributed by atoms with van der Waals surface area (Å²) in [4.78, 5) is 84.6. The highest BCUT2D eigenvalue weighted by Crippen LogP contribution is 2.35. The van der Waals surface area contributed by atoms with Gasteiger partial charge in [0, 0.05) is 54.3 Å². The number of ether oxygens (including phenoxy) is 11. The summed E-state index contributed by atoms with van der Waals surface area (Å²) in [6, 6.07) is 0. The third kappa shape index (κ3) is 12.8. The minimum atomic E-state index is -1.76. The number of esters is 7. The van der Waals surface area contributed by atoms with Gasteiger partial charge in [0.05, 0.1) is 6.61 Å². The SMILES string of the molecule is CC(=O)OC[C@H]1O[C@H](O[C@@H]2[C@@H](OCCCCl)O[C@H](COC(C)=O)[C@@H](OC(C)=O)[C@@H]2OC(C)=O)[C@@H](OC(C)=O)[C@@H](OC(C)=O)[C@@H]1OC(C)=O. The van der Waals surface area contributed by atoms with E-state index in [0.717, 1.165) is 48.5 Å². The van der Waals surface area contributed by atoms with Crippen LogP contribution in [0.25, 0.3) is 0 Å². The van der Waals surface area contributed by atoms with E-state index < -0.39 is 116 Å². The Morgan fingerprint density at radius 2 is 0.875 bits per heavy atom. The fraction of sp³-hybridized carbons (Fsp3) is 0.759. The molecule has 48 heavy (non-hydrogen) atoms. The molecule has 2 heterocycles. The van der Waals surface area contributed by atoms with Crippen LogP contribution in [0, 0.1) is 0 Å². The molecule has 2 aliphatic rings. The lowest BCUT2D eigenvalue weighted by Crippen LogP contribution is -2.67. The van der Waals surface area contributed by atoms with Crippen molar-refractivity contribution in [1.29, 1.82) is 0 Å². The van der Waals surface area contributed by atoms with E-state index in [1.54, 1.807) is 0 Å². The quantitative estimate of drug-likeness (QED) is 0.0961. The average molecular weight is 713 g/mol. The molecular formula is C29H41ClO18. The molecule has 18 nitrogen and oxygen atoms in total. The fourth-order valence-corrected chi connectivity index (χ4v) is 4.97. The van der Waals surface area contributed by atoms with Crippen LogP contribution in [0.1, 0.15) is 54.9 Å². The molecular weight excluding hydrogens is 672 g/mol. The maximum atomic E-state index is 12.4. The zero-order chi connectivity index (χ0) is 36.1. The van der Waals surface area contributed by atoms with Gasteiger partial charge in [-0.25, -0.2) is 0 Å². The zero-order valence-electron chi connectivity index (χ0n) is 27.5. The molecule has 0 N–H and O–H groups in total. The lowest BCUT2D eigenvalue weighted by Gasteiger charge is -2.48. The van der Waals surface area contributed by atoms with Crippen molar-refractivity contribution in [3.05, 3.63) is 0 Å². The number of hydrogen-bond acceptors (Lipinski definition) is 18. The summed E-state index contributed by atoms with van der Waals surface area (Å²) >= 11 is 5.83. The maximum absolute atomic E-state index is 12.4. The molecule has 0 aromatic carbocycles. The van der Waals surface area contributed by atoms with E-state index in [0.29, 0.717) is 6.42 Å². The number of carbonyl (C=O) groups is 7. The van der Waals surface area contributed by atoms with Crippen LogP contribution in [0.4, 0.5) is 0 Å². The van der Waals surface area contributed by atoms with E-state index in [-0.39, 0.29) is 12.5 Å². The van der Waals surface area contributed by atoms with Crippen LogP contribution in [0.5, 0.6) is 0 Å². The third-order valence-corrected chi connectivity index (χ3v) is 6.71. The van der Waals surface area contributed by atoms with Gasteiger partial charge in [-0.2, -0.15) is 0 Å². The largest absolute Gasteiger partial charge is 0.463 e. The Morgan fingerprint density at radius 3 is 1.27 bits per heavy atom. The molecule has 0 amide bonds. The van der Waals surface area contributed by atoms with Crippen LogP contribution >= 0.6 is 11.6 Å². The van der Waals surface area contributed by atoms with Crippen LogP contribution in [0.15, 0.2) is 0 Å². The van der Waals surface area contributed by atoms with E-state index in [1.807, 2.05) is 0 Å². The number of rotatable bonds is 15. The van der Waals surface area contributed by atoms with Gasteiger partial charge in [-0.1, -0.05) is 0 Å². The van der Waals surface area contributed by atoms with Gasteiger partial charge in [0.2, 0.25) is 0 Å². The van der Waals surface area contributed by atoms with Crippen LogP contribution in [-0.2, 0) is 85.7 Å². The predicted molar refractivity (Wildman–Crippen MR) is 155 cm³/mol. The molecule has 2 aliphatic heterocycles. The van der Waals surface area contributed by atoms with Crippen molar-refractivity contribution in [2.75, 3.05) is 25.7 Å². The number of hydrogen-bond donors (Lipinski definition) is 0. The van der Waals surface area contributed by atoms with Crippen LogP contribution in [0.3, 0.4) is 0 Å². The lowest BCUT2D eigenvalue weighted by atomic mass is 9.96. The minimum absolute atomic E-state index is 0.0299. The Morgan fingerprint density at radius 1 is 0.500 bits per heavy atom. The Kier molecular flexibility index (Phi) is 16.4. The second-order valence-corrected chi connectivity index (χ2v) is 11.0. The molecule has 2 rings (SSSR count). The van der Waals surface area contributed by atoms with Crippen molar-refractivity contribution in [1.82, 2.24) is 0 Å². The van der Waals surface area contributed by atoms with Crippen LogP contribution in [0.2, 0.25) is 0 Å². The monoisotopic (exact) mass is 712 g/mol. The smallest absolute Gasteiger partial charge is 0.303 e. The predicted octanol–water partition coefficient (Wildman–Crippen LogP) is 0.252. The second kappa shape index (κ2) is 19.4. The lowest BCUT2D eigenvalue weighted by molar-refractivity contribution is -0.368. The maximum Gasteiger partial charge on any atom is 0.303 e. The average Bonchev–Trinajstić information content (AvgIpc) is 2.95. The molecule has 19 heteroatoms. The fourth-order valence-electron chi connectivity index (χ4n) is 4.86. The van der Waals surface area contributed by atoms with Crippen molar-refractivity contribution < 1.29 is 85.7 Å². The summed E-state index contributed by atoms with van der Waals surface area (Å²) < 4.78 is 61.7. The van der Waals surface area contributed by atoms with E-state index in [2.05, 4.69) is 0 Å². The standard InChI is InChI=1S/C29H41ClO18/c1-13(31)39-11-20-22(41-15(3)33)24(43-17(5)35)26(28(46-20)38-10-8-9-30)48-29-27(45-19(7)37)25(44-18(6)36)23(42-16(4)34)21(47-29)12-40-14(2)32/h20-29H,8-12H2,1-7H3/t20-,21-,22-,23-,24+,25+,26+,27+,28+,29-/m1/s1. The zero-order valence-corrected chi connectivity index (χ0v) is 28.3. The number of alkyl halides is 1. The summed E-state index contributed by atoms with van der Waals surface area (Å²) in [5.41, 5.74) is 0.